The lowest BCUT2D eigenvalue weighted by Crippen LogP contribution is -2.43. The van der Waals surface area contributed by atoms with Crippen molar-refractivity contribution >= 4 is 23.2 Å². The molecule has 1 aliphatic carbocycles. The van der Waals surface area contributed by atoms with Crippen LogP contribution in [-0.2, 0) is 9.53 Å². The number of rotatable bonds is 6. The van der Waals surface area contributed by atoms with E-state index in [4.69, 9.17) is 22.7 Å². The molecule has 0 heterocycles. The first-order valence-electron chi connectivity index (χ1n) is 6.21. The van der Waals surface area contributed by atoms with Crippen LogP contribution in [0.3, 0.4) is 0 Å². The highest BCUT2D eigenvalue weighted by atomic mass is 32.1. The van der Waals surface area contributed by atoms with E-state index >= 15 is 0 Å². The van der Waals surface area contributed by atoms with Crippen molar-refractivity contribution in [3.05, 3.63) is 0 Å². The van der Waals surface area contributed by atoms with Crippen LogP contribution < -0.4 is 5.73 Å². The zero-order chi connectivity index (χ0) is 12.8. The number of hydrogen-bond acceptors (Lipinski definition) is 4. The fraction of sp³-hybridized carbons (Fsp3) is 0.833. The van der Waals surface area contributed by atoms with Crippen molar-refractivity contribution < 1.29 is 9.53 Å². The highest BCUT2D eigenvalue weighted by Crippen LogP contribution is 2.23. The smallest absolute Gasteiger partial charge is 0.320 e. The summed E-state index contributed by atoms with van der Waals surface area (Å²) in [5.41, 5.74) is 5.58. The Kier molecular flexibility index (Phi) is 5.85. The van der Waals surface area contributed by atoms with Gasteiger partial charge in [0, 0.05) is 12.6 Å². The van der Waals surface area contributed by atoms with E-state index in [1.807, 2.05) is 13.8 Å². The van der Waals surface area contributed by atoms with Crippen LogP contribution in [0.4, 0.5) is 0 Å². The minimum absolute atomic E-state index is 0.0715. The molecule has 0 aromatic rings. The zero-order valence-corrected chi connectivity index (χ0v) is 11.5. The van der Waals surface area contributed by atoms with Crippen molar-refractivity contribution in [2.24, 2.45) is 5.73 Å². The van der Waals surface area contributed by atoms with Crippen LogP contribution in [0.1, 0.15) is 39.5 Å². The molecular weight excluding hydrogens is 236 g/mol. The van der Waals surface area contributed by atoms with Gasteiger partial charge in [0.25, 0.3) is 0 Å². The first-order valence-corrected chi connectivity index (χ1v) is 6.61. The molecule has 1 rings (SSSR count). The molecule has 0 unspecified atom stereocenters. The van der Waals surface area contributed by atoms with Crippen LogP contribution >= 0.6 is 12.2 Å². The Morgan fingerprint density at radius 2 is 2.00 bits per heavy atom. The van der Waals surface area contributed by atoms with E-state index in [1.165, 1.54) is 12.8 Å². The number of thiocarbonyl (C=S) groups is 1. The van der Waals surface area contributed by atoms with Crippen molar-refractivity contribution in [3.8, 4) is 0 Å². The lowest BCUT2D eigenvalue weighted by atomic mass is 10.2. The van der Waals surface area contributed by atoms with Gasteiger partial charge in [-0.05, 0) is 26.7 Å². The zero-order valence-electron chi connectivity index (χ0n) is 10.6. The third-order valence-corrected chi connectivity index (χ3v) is 3.03. The minimum atomic E-state index is -0.192. The fourth-order valence-corrected chi connectivity index (χ4v) is 2.42. The summed E-state index contributed by atoms with van der Waals surface area (Å²) < 4.78 is 5.16. The maximum Gasteiger partial charge on any atom is 0.320 e. The normalized spacial score (nSPS) is 16.7. The van der Waals surface area contributed by atoms with E-state index in [0.29, 0.717) is 24.1 Å². The molecule has 98 valence electrons. The summed E-state index contributed by atoms with van der Waals surface area (Å²) in [6, 6.07) is 0.427. The number of esters is 1. The van der Waals surface area contributed by atoms with Gasteiger partial charge in [0.1, 0.15) is 0 Å². The molecule has 1 saturated carbocycles. The van der Waals surface area contributed by atoms with Gasteiger partial charge >= 0.3 is 5.97 Å². The van der Waals surface area contributed by atoms with Gasteiger partial charge in [-0.1, -0.05) is 25.1 Å². The fourth-order valence-electron chi connectivity index (χ4n) is 2.25. The molecule has 0 bridgehead atoms. The van der Waals surface area contributed by atoms with Crippen LogP contribution in [0.2, 0.25) is 0 Å². The SMILES string of the molecule is CC(C)OC(=O)CN(CC(N)=S)C1CCCC1. The van der Waals surface area contributed by atoms with Crippen LogP contribution in [0.5, 0.6) is 0 Å². The van der Waals surface area contributed by atoms with Gasteiger partial charge in [-0.25, -0.2) is 0 Å². The second-order valence-corrected chi connectivity index (χ2v) is 5.37. The standard InChI is InChI=1S/C12H22N2O2S/c1-9(2)16-12(15)8-14(7-11(13)17)10-5-3-4-6-10/h9-10H,3-8H2,1-2H3,(H2,13,17). The number of ether oxygens (including phenoxy) is 1. The van der Waals surface area contributed by atoms with Gasteiger partial charge in [0.2, 0.25) is 0 Å². The predicted molar refractivity (Wildman–Crippen MR) is 71.8 cm³/mol. The number of hydrogen-bond donors (Lipinski definition) is 1. The maximum atomic E-state index is 11.7. The Hall–Kier alpha value is -0.680. The van der Waals surface area contributed by atoms with E-state index in [0.717, 1.165) is 12.8 Å². The van der Waals surface area contributed by atoms with Crippen LogP contribution in [0.15, 0.2) is 0 Å². The van der Waals surface area contributed by atoms with Crippen molar-refractivity contribution in [3.63, 3.8) is 0 Å². The number of nitrogens with two attached hydrogens (primary N) is 1. The van der Waals surface area contributed by atoms with E-state index in [-0.39, 0.29) is 12.1 Å². The summed E-state index contributed by atoms with van der Waals surface area (Å²) in [5, 5.41) is 0. The second-order valence-electron chi connectivity index (χ2n) is 4.85. The van der Waals surface area contributed by atoms with Crippen LogP contribution in [0, 0.1) is 0 Å². The van der Waals surface area contributed by atoms with E-state index in [2.05, 4.69) is 4.90 Å². The van der Waals surface area contributed by atoms with Crippen molar-refractivity contribution in [2.75, 3.05) is 13.1 Å². The highest BCUT2D eigenvalue weighted by Gasteiger charge is 2.25. The molecule has 0 atom stereocenters. The molecule has 0 spiro atoms. The molecule has 0 amide bonds. The molecule has 2 N–H and O–H groups in total. The molecule has 4 nitrogen and oxygen atoms in total. The van der Waals surface area contributed by atoms with E-state index in [1.54, 1.807) is 0 Å². The summed E-state index contributed by atoms with van der Waals surface area (Å²) in [7, 11) is 0. The van der Waals surface area contributed by atoms with Crippen LogP contribution in [0.25, 0.3) is 0 Å². The van der Waals surface area contributed by atoms with Crippen molar-refractivity contribution in [1.82, 2.24) is 4.90 Å². The summed E-state index contributed by atoms with van der Waals surface area (Å²) in [6.45, 7) is 4.50. The average molecular weight is 258 g/mol. The number of carbonyl (C=O) groups excluding carboxylic acids is 1. The molecule has 0 aromatic heterocycles. The van der Waals surface area contributed by atoms with Gasteiger partial charge in [0.05, 0.1) is 17.6 Å². The van der Waals surface area contributed by atoms with Gasteiger partial charge in [-0.3, -0.25) is 9.69 Å². The van der Waals surface area contributed by atoms with Gasteiger partial charge in [0.15, 0.2) is 0 Å². The predicted octanol–water partition coefficient (Wildman–Crippen LogP) is 1.47. The Balaban J connectivity index is 2.50. The van der Waals surface area contributed by atoms with Crippen LogP contribution in [-0.4, -0.2) is 41.1 Å². The molecule has 0 aromatic carbocycles. The topological polar surface area (TPSA) is 55.6 Å². The summed E-state index contributed by atoms with van der Waals surface area (Å²) in [4.78, 5) is 14.1. The quantitative estimate of drug-likeness (QED) is 0.577. The van der Waals surface area contributed by atoms with E-state index < -0.39 is 0 Å². The lowest BCUT2D eigenvalue weighted by molar-refractivity contribution is -0.149. The Bertz CT molecular complexity index is 276. The minimum Gasteiger partial charge on any atom is -0.462 e. The molecule has 1 fully saturated rings. The van der Waals surface area contributed by atoms with Crippen molar-refractivity contribution in [2.45, 2.75) is 51.7 Å². The van der Waals surface area contributed by atoms with Gasteiger partial charge < -0.3 is 10.5 Å². The molecule has 0 radical (unpaired) electrons. The third kappa shape index (κ3) is 5.46. The molecule has 5 heteroatoms. The average Bonchev–Trinajstić information content (AvgIpc) is 2.66. The second kappa shape index (κ2) is 6.91. The van der Waals surface area contributed by atoms with E-state index in [9.17, 15) is 4.79 Å². The first-order chi connectivity index (χ1) is 7.99. The summed E-state index contributed by atoms with van der Waals surface area (Å²) in [5.74, 6) is -0.192. The lowest BCUT2D eigenvalue weighted by Gasteiger charge is -2.27. The number of carbonyl (C=O) groups is 1. The Morgan fingerprint density at radius 1 is 1.41 bits per heavy atom. The van der Waals surface area contributed by atoms with Crippen molar-refractivity contribution in [1.29, 1.82) is 0 Å². The highest BCUT2D eigenvalue weighted by molar-refractivity contribution is 7.80. The Labute approximate surface area is 108 Å². The summed E-state index contributed by atoms with van der Waals surface area (Å²) in [6.07, 6.45) is 4.61. The summed E-state index contributed by atoms with van der Waals surface area (Å²) >= 11 is 4.93. The molecular formula is C12H22N2O2S. The first kappa shape index (κ1) is 14.4. The maximum absolute atomic E-state index is 11.7. The third-order valence-electron chi connectivity index (χ3n) is 2.90. The molecule has 0 saturated heterocycles. The number of nitrogens with zero attached hydrogens (tertiary/aromatic N) is 1. The molecule has 17 heavy (non-hydrogen) atoms. The largest absolute Gasteiger partial charge is 0.462 e. The monoisotopic (exact) mass is 258 g/mol. The van der Waals surface area contributed by atoms with Gasteiger partial charge in [-0.2, -0.15) is 0 Å². The van der Waals surface area contributed by atoms with Gasteiger partial charge in [-0.15, -0.1) is 0 Å². The molecule has 1 aliphatic rings. The Morgan fingerprint density at radius 3 is 2.47 bits per heavy atom. The molecule has 0 aliphatic heterocycles.